The monoisotopic (exact) mass is 873 g/mol. The van der Waals surface area contributed by atoms with Crippen molar-refractivity contribution in [3.05, 3.63) is 64.7 Å². The van der Waals surface area contributed by atoms with Crippen molar-refractivity contribution >= 4 is 58.6 Å². The normalized spacial score (nSPS) is 16.7. The predicted octanol–water partition coefficient (Wildman–Crippen LogP) is 0.906. The van der Waals surface area contributed by atoms with Crippen LogP contribution in [0.25, 0.3) is 0 Å². The Morgan fingerprint density at radius 2 is 1.25 bits per heavy atom. The van der Waals surface area contributed by atoms with Crippen molar-refractivity contribution in [3.63, 3.8) is 0 Å². The summed E-state index contributed by atoms with van der Waals surface area (Å²) in [7, 11) is 0. The van der Waals surface area contributed by atoms with Crippen LogP contribution >= 0.6 is 0 Å². The van der Waals surface area contributed by atoms with Crippen molar-refractivity contribution in [1.29, 1.82) is 0 Å². The smallest absolute Gasteiger partial charge is 0.245 e. The molecule has 18 nitrogen and oxygen atoms in total. The van der Waals surface area contributed by atoms with Gasteiger partial charge in [-0.15, -0.1) is 0 Å². The van der Waals surface area contributed by atoms with E-state index in [1.165, 1.54) is 25.7 Å². The van der Waals surface area contributed by atoms with E-state index in [9.17, 15) is 43.2 Å². The molecule has 4 rings (SSSR count). The Bertz CT molecular complexity index is 2050. The number of hydrogen-bond acceptors (Lipinski definition) is 11. The minimum Gasteiger partial charge on any atom is -0.384 e. The quantitative estimate of drug-likeness (QED) is 0.0698. The standard InChI is InChI=1S/C45H63N9O9/c1-24(2)21-33(53-42(60)28(7)51-41(59)27(6)50-40(58)26(5)46)43(61)49-23-36(55)52-34(22-25(3)4)45(63)54-20-11-17-35(54)44(62)48-19-12-18-47-32-16-10-15-31-37(32)39(57)30-14-9-8-13-29(30)38(31)56/h8-10,13-16,24-28,33-35,47H,11-12,17-23,46H2,1-7H3,(H,48,62)(H,49,61)(H,50,58)(H,51,59)(H,52,55)(H,53,60)/t26-,27-,28-,33-,34-,35-/m0/s1. The molecule has 63 heavy (non-hydrogen) atoms. The molecule has 0 saturated carbocycles. The Hall–Kier alpha value is -6.17. The van der Waals surface area contributed by atoms with Crippen LogP contribution in [0.3, 0.4) is 0 Å². The highest BCUT2D eigenvalue weighted by molar-refractivity contribution is 6.30. The van der Waals surface area contributed by atoms with Gasteiger partial charge in [0, 0.05) is 42.0 Å². The predicted molar refractivity (Wildman–Crippen MR) is 235 cm³/mol. The topological polar surface area (TPSA) is 267 Å². The van der Waals surface area contributed by atoms with Crippen molar-refractivity contribution in [3.8, 4) is 0 Å². The van der Waals surface area contributed by atoms with E-state index in [-0.39, 0.29) is 48.7 Å². The molecule has 0 unspecified atom stereocenters. The summed E-state index contributed by atoms with van der Waals surface area (Å²) in [4.78, 5) is 119. The summed E-state index contributed by atoms with van der Waals surface area (Å²) in [6.45, 7) is 12.3. The van der Waals surface area contributed by atoms with E-state index in [2.05, 4.69) is 37.2 Å². The van der Waals surface area contributed by atoms with Crippen LogP contribution in [0.1, 0.15) is 112 Å². The summed E-state index contributed by atoms with van der Waals surface area (Å²) < 4.78 is 0. The highest BCUT2D eigenvalue weighted by Gasteiger charge is 2.38. The highest BCUT2D eigenvalue weighted by Crippen LogP contribution is 2.32. The van der Waals surface area contributed by atoms with Crippen molar-refractivity contribution in [2.75, 3.05) is 31.5 Å². The van der Waals surface area contributed by atoms with E-state index in [0.717, 1.165) is 0 Å². The lowest BCUT2D eigenvalue weighted by molar-refractivity contribution is -0.141. The van der Waals surface area contributed by atoms with E-state index in [0.29, 0.717) is 60.3 Å². The number of benzene rings is 2. The second kappa shape index (κ2) is 22.8. The number of nitrogens with one attached hydrogen (secondary N) is 7. The number of likely N-dealkylation sites (tertiary alicyclic amines) is 1. The van der Waals surface area contributed by atoms with Gasteiger partial charge in [0.2, 0.25) is 41.4 Å². The largest absolute Gasteiger partial charge is 0.384 e. The van der Waals surface area contributed by atoms with Gasteiger partial charge in [0.05, 0.1) is 18.2 Å². The molecule has 2 aromatic rings. The first kappa shape index (κ1) is 49.5. The number of nitrogens with two attached hydrogens (primary N) is 1. The van der Waals surface area contributed by atoms with Crippen LogP contribution < -0.4 is 43.0 Å². The number of nitrogens with zero attached hydrogens (tertiary/aromatic N) is 1. The molecule has 6 atom stereocenters. The molecule has 2 aliphatic rings. The Labute approximate surface area is 368 Å². The maximum atomic E-state index is 13.9. The summed E-state index contributed by atoms with van der Waals surface area (Å²) in [5.74, 6) is -4.33. The van der Waals surface area contributed by atoms with Crippen LogP contribution in [0.4, 0.5) is 5.69 Å². The van der Waals surface area contributed by atoms with Gasteiger partial charge < -0.3 is 47.9 Å². The minimum absolute atomic E-state index is 0.00815. The van der Waals surface area contributed by atoms with Crippen LogP contribution in [0.2, 0.25) is 0 Å². The second-order valence-corrected chi connectivity index (χ2v) is 17.1. The Morgan fingerprint density at radius 3 is 1.89 bits per heavy atom. The summed E-state index contributed by atoms with van der Waals surface area (Å²) in [5.41, 5.74) is 7.47. The van der Waals surface area contributed by atoms with Gasteiger partial charge in [-0.3, -0.25) is 43.2 Å². The van der Waals surface area contributed by atoms with E-state index in [1.807, 2.05) is 27.7 Å². The minimum atomic E-state index is -1.07. The molecule has 0 aromatic heterocycles. The molecule has 0 radical (unpaired) electrons. The molecule has 7 amide bonds. The van der Waals surface area contributed by atoms with Gasteiger partial charge in [-0.2, -0.15) is 0 Å². The molecule has 0 bridgehead atoms. The van der Waals surface area contributed by atoms with Crippen molar-refractivity contribution in [2.24, 2.45) is 17.6 Å². The molecule has 0 spiro atoms. The number of rotatable bonds is 21. The zero-order chi connectivity index (χ0) is 46.5. The van der Waals surface area contributed by atoms with Crippen LogP contribution in [0, 0.1) is 11.8 Å². The van der Waals surface area contributed by atoms with Gasteiger partial charge in [-0.25, -0.2) is 0 Å². The molecule has 9 N–H and O–H groups in total. The first-order chi connectivity index (χ1) is 29.8. The molecule has 342 valence electrons. The molecule has 1 aliphatic carbocycles. The number of anilines is 1. The maximum absolute atomic E-state index is 13.9. The van der Waals surface area contributed by atoms with E-state index >= 15 is 0 Å². The van der Waals surface area contributed by atoms with Gasteiger partial charge in [0.25, 0.3) is 0 Å². The summed E-state index contributed by atoms with van der Waals surface area (Å²) in [6, 6.07) is 6.20. The zero-order valence-electron chi connectivity index (χ0n) is 37.2. The molecular formula is C45H63N9O9. The van der Waals surface area contributed by atoms with Gasteiger partial charge in [0.15, 0.2) is 11.6 Å². The third-order valence-electron chi connectivity index (χ3n) is 10.8. The maximum Gasteiger partial charge on any atom is 0.245 e. The van der Waals surface area contributed by atoms with Gasteiger partial charge in [-0.1, -0.05) is 64.1 Å². The summed E-state index contributed by atoms with van der Waals surface area (Å²) in [5, 5.41) is 19.0. The van der Waals surface area contributed by atoms with Crippen molar-refractivity contribution < 1.29 is 43.2 Å². The SMILES string of the molecule is CC(C)C[C@H](NC(=O)[C@H](C)NC(=O)[C@H](C)NC(=O)[C@H](C)N)C(=O)NCC(=O)N[C@@H](CC(C)C)C(=O)N1CCC[C@H]1C(=O)NCCCNc1cccc2c1C(=O)c1ccccc1C2=O. The molecule has 1 heterocycles. The van der Waals surface area contributed by atoms with Crippen molar-refractivity contribution in [2.45, 2.75) is 117 Å². The third kappa shape index (κ3) is 13.4. The number of carbonyl (C=O) groups excluding carboxylic acids is 9. The highest BCUT2D eigenvalue weighted by atomic mass is 16.2. The first-order valence-corrected chi connectivity index (χ1v) is 21.7. The van der Waals surface area contributed by atoms with Crippen LogP contribution in [0.15, 0.2) is 42.5 Å². The van der Waals surface area contributed by atoms with Crippen LogP contribution in [-0.4, -0.2) is 120 Å². The third-order valence-corrected chi connectivity index (χ3v) is 10.8. The van der Waals surface area contributed by atoms with Crippen LogP contribution in [0.5, 0.6) is 0 Å². The van der Waals surface area contributed by atoms with E-state index in [1.54, 1.807) is 42.5 Å². The lowest BCUT2D eigenvalue weighted by Crippen LogP contribution is -2.57. The molecular weight excluding hydrogens is 811 g/mol. The molecule has 2 aromatic carbocycles. The Balaban J connectivity index is 1.27. The summed E-state index contributed by atoms with van der Waals surface area (Å²) in [6.07, 6.45) is 2.02. The average Bonchev–Trinajstić information content (AvgIpc) is 3.73. The number of carbonyl (C=O) groups is 9. The first-order valence-electron chi connectivity index (χ1n) is 21.7. The molecule has 1 fully saturated rings. The molecule has 18 heteroatoms. The number of hydrogen-bond donors (Lipinski definition) is 8. The number of ketones is 2. The van der Waals surface area contributed by atoms with E-state index < -0.39 is 78.2 Å². The Kier molecular flexibility index (Phi) is 17.9. The van der Waals surface area contributed by atoms with E-state index in [4.69, 9.17) is 5.73 Å². The van der Waals surface area contributed by atoms with Gasteiger partial charge >= 0.3 is 0 Å². The molecule has 1 saturated heterocycles. The van der Waals surface area contributed by atoms with Crippen molar-refractivity contribution in [1.82, 2.24) is 36.8 Å². The second-order valence-electron chi connectivity index (χ2n) is 17.1. The average molecular weight is 874 g/mol. The fourth-order valence-electron chi connectivity index (χ4n) is 7.48. The van der Waals surface area contributed by atoms with Gasteiger partial charge in [-0.05, 0) is 70.8 Å². The van der Waals surface area contributed by atoms with Crippen LogP contribution in [-0.2, 0) is 33.6 Å². The fourth-order valence-corrected chi connectivity index (χ4v) is 7.48. The number of fused-ring (bicyclic) bond motifs is 2. The fraction of sp³-hybridized carbons (Fsp3) is 0.533. The summed E-state index contributed by atoms with van der Waals surface area (Å²) >= 11 is 0. The Morgan fingerprint density at radius 1 is 0.667 bits per heavy atom. The van der Waals surface area contributed by atoms with Gasteiger partial charge in [0.1, 0.15) is 30.2 Å². The lowest BCUT2D eigenvalue weighted by Gasteiger charge is -2.29. The molecule has 1 aliphatic heterocycles. The lowest BCUT2D eigenvalue weighted by atomic mass is 9.83. The number of amides is 7. The zero-order valence-corrected chi connectivity index (χ0v) is 37.2.